The number of hydrogen-bond acceptors (Lipinski definition) is 5. The van der Waals surface area contributed by atoms with E-state index >= 15 is 0 Å². The second kappa shape index (κ2) is 5.49. The molecule has 8 heteroatoms. The molecule has 8 nitrogen and oxygen atoms in total. The van der Waals surface area contributed by atoms with Crippen LogP contribution >= 0.6 is 0 Å². The molecule has 0 aliphatic carbocycles. The van der Waals surface area contributed by atoms with Crippen molar-refractivity contribution in [1.29, 1.82) is 0 Å². The van der Waals surface area contributed by atoms with Crippen molar-refractivity contribution in [2.24, 2.45) is 12.9 Å². The highest BCUT2D eigenvalue weighted by Crippen LogP contribution is 2.13. The number of hydrogen-bond donors (Lipinski definition) is 2. The van der Waals surface area contributed by atoms with E-state index in [0.29, 0.717) is 30.2 Å². The summed E-state index contributed by atoms with van der Waals surface area (Å²) in [6.45, 7) is 4.68. The summed E-state index contributed by atoms with van der Waals surface area (Å²) in [6.07, 6.45) is 1.80. The Morgan fingerprint density at radius 3 is 2.50 bits per heavy atom. The first kappa shape index (κ1) is 14.3. The first-order valence-corrected chi connectivity index (χ1v) is 6.73. The molecule has 0 spiro atoms. The van der Waals surface area contributed by atoms with Crippen LogP contribution < -0.4 is 22.5 Å². The van der Waals surface area contributed by atoms with Crippen LogP contribution in [0.1, 0.15) is 26.7 Å². The molecule has 0 saturated heterocycles. The fraction of sp³-hybridized carbons (Fsp3) is 0.583. The van der Waals surface area contributed by atoms with E-state index in [0.717, 1.165) is 12.8 Å². The minimum Gasteiger partial charge on any atom is -0.306 e. The zero-order valence-corrected chi connectivity index (χ0v) is 12.0. The third kappa shape index (κ3) is 2.01. The van der Waals surface area contributed by atoms with E-state index in [-0.39, 0.29) is 11.2 Å². The van der Waals surface area contributed by atoms with E-state index < -0.39 is 0 Å². The van der Waals surface area contributed by atoms with Crippen molar-refractivity contribution >= 4 is 17.1 Å². The number of anilines is 1. The molecule has 0 aliphatic heterocycles. The summed E-state index contributed by atoms with van der Waals surface area (Å²) in [6, 6.07) is 0. The lowest BCUT2D eigenvalue weighted by atomic mass is 10.3. The molecule has 3 N–H and O–H groups in total. The van der Waals surface area contributed by atoms with Gasteiger partial charge in [-0.15, -0.1) is 0 Å². The van der Waals surface area contributed by atoms with Crippen molar-refractivity contribution in [2.75, 3.05) is 5.43 Å². The SMILES string of the molecule is CCCCn1c(=O)n(CC)c(=O)c2c1nc(NN)n2C. The maximum absolute atomic E-state index is 12.4. The molecule has 0 aromatic carbocycles. The standard InChI is InChI=1S/C12H20N6O2/c1-4-6-7-18-9-8(16(3)11(14-9)15-13)10(19)17(5-2)12(18)20/h4-7,13H2,1-3H3,(H,14,15). The molecule has 20 heavy (non-hydrogen) atoms. The minimum absolute atomic E-state index is 0.319. The van der Waals surface area contributed by atoms with Crippen molar-refractivity contribution in [3.63, 3.8) is 0 Å². The number of nitrogen functional groups attached to an aromatic ring is 1. The van der Waals surface area contributed by atoms with Gasteiger partial charge >= 0.3 is 5.69 Å². The number of aryl methyl sites for hydroxylation is 2. The monoisotopic (exact) mass is 280 g/mol. The fourth-order valence-electron chi connectivity index (χ4n) is 2.29. The normalized spacial score (nSPS) is 11.2. The smallest absolute Gasteiger partial charge is 0.306 e. The number of unbranched alkanes of at least 4 members (excludes halogenated alkanes) is 1. The minimum atomic E-state index is -0.336. The molecule has 2 aromatic rings. The molecule has 2 aromatic heterocycles. The van der Waals surface area contributed by atoms with E-state index in [9.17, 15) is 9.59 Å². The third-order valence-electron chi connectivity index (χ3n) is 3.42. The van der Waals surface area contributed by atoms with Gasteiger partial charge in [0.05, 0.1) is 0 Å². The average Bonchev–Trinajstić information content (AvgIpc) is 2.76. The maximum atomic E-state index is 12.4. The van der Waals surface area contributed by atoms with Crippen LogP contribution in [-0.2, 0) is 20.1 Å². The van der Waals surface area contributed by atoms with Crippen molar-refractivity contribution in [3.05, 3.63) is 20.8 Å². The molecule has 0 amide bonds. The zero-order chi connectivity index (χ0) is 14.9. The average molecular weight is 280 g/mol. The summed E-state index contributed by atoms with van der Waals surface area (Å²) >= 11 is 0. The largest absolute Gasteiger partial charge is 0.332 e. The Bertz CT molecular complexity index is 739. The van der Waals surface area contributed by atoms with Crippen LogP contribution in [-0.4, -0.2) is 18.7 Å². The van der Waals surface area contributed by atoms with Crippen molar-refractivity contribution in [1.82, 2.24) is 18.7 Å². The van der Waals surface area contributed by atoms with Crippen molar-refractivity contribution < 1.29 is 0 Å². The zero-order valence-electron chi connectivity index (χ0n) is 12.0. The number of imidazole rings is 1. The predicted molar refractivity (Wildman–Crippen MR) is 77.6 cm³/mol. The Labute approximate surface area is 115 Å². The second-order valence-electron chi connectivity index (χ2n) is 4.65. The molecule has 2 heterocycles. The van der Waals surface area contributed by atoms with Gasteiger partial charge < -0.3 is 4.57 Å². The molecular weight excluding hydrogens is 260 g/mol. The van der Waals surface area contributed by atoms with Gasteiger partial charge in [-0.1, -0.05) is 13.3 Å². The molecule has 0 fully saturated rings. The van der Waals surface area contributed by atoms with Gasteiger partial charge in [-0.05, 0) is 13.3 Å². The lowest BCUT2D eigenvalue weighted by Gasteiger charge is -2.09. The Kier molecular flexibility index (Phi) is 3.93. The lowest BCUT2D eigenvalue weighted by Crippen LogP contribution is -2.40. The van der Waals surface area contributed by atoms with E-state index in [1.807, 2.05) is 6.92 Å². The summed E-state index contributed by atoms with van der Waals surface area (Å²) in [5.41, 5.74) is 2.55. The number of hydrazine groups is 1. The van der Waals surface area contributed by atoms with Crippen LogP contribution in [0.2, 0.25) is 0 Å². The topological polar surface area (TPSA) is 99.9 Å². The van der Waals surface area contributed by atoms with Crippen LogP contribution in [0.3, 0.4) is 0 Å². The molecule has 0 radical (unpaired) electrons. The summed E-state index contributed by atoms with van der Waals surface area (Å²) in [5, 5.41) is 0. The van der Waals surface area contributed by atoms with Crippen molar-refractivity contribution in [3.8, 4) is 0 Å². The van der Waals surface area contributed by atoms with Crippen LogP contribution in [0.4, 0.5) is 5.95 Å². The Balaban J connectivity index is 2.88. The van der Waals surface area contributed by atoms with Gasteiger partial charge in [0.25, 0.3) is 5.56 Å². The molecule has 110 valence electrons. The molecule has 0 unspecified atom stereocenters. The van der Waals surface area contributed by atoms with Gasteiger partial charge in [-0.3, -0.25) is 19.4 Å². The molecule has 2 rings (SSSR count). The third-order valence-corrected chi connectivity index (χ3v) is 3.42. The molecule has 0 atom stereocenters. The summed E-state index contributed by atoms with van der Waals surface area (Å²) in [4.78, 5) is 29.0. The molecular formula is C12H20N6O2. The van der Waals surface area contributed by atoms with Crippen LogP contribution in [0.5, 0.6) is 0 Å². The molecule has 0 bridgehead atoms. The van der Waals surface area contributed by atoms with E-state index in [2.05, 4.69) is 10.4 Å². The van der Waals surface area contributed by atoms with E-state index in [1.54, 1.807) is 23.1 Å². The van der Waals surface area contributed by atoms with Crippen LogP contribution in [0, 0.1) is 0 Å². The Morgan fingerprint density at radius 2 is 1.95 bits per heavy atom. The predicted octanol–water partition coefficient (Wildman–Crippen LogP) is 0.00230. The second-order valence-corrected chi connectivity index (χ2v) is 4.65. The van der Waals surface area contributed by atoms with E-state index in [1.165, 1.54) is 4.57 Å². The van der Waals surface area contributed by atoms with Gasteiger partial charge in [0.1, 0.15) is 0 Å². The van der Waals surface area contributed by atoms with Crippen LogP contribution in [0.25, 0.3) is 11.2 Å². The summed E-state index contributed by atoms with van der Waals surface area (Å²) < 4.78 is 4.34. The van der Waals surface area contributed by atoms with Gasteiger partial charge in [0, 0.05) is 20.1 Å². The lowest BCUT2D eigenvalue weighted by molar-refractivity contribution is 0.561. The number of nitrogens with two attached hydrogens (primary N) is 1. The quantitative estimate of drug-likeness (QED) is 0.593. The maximum Gasteiger partial charge on any atom is 0.332 e. The Morgan fingerprint density at radius 1 is 1.25 bits per heavy atom. The fourth-order valence-corrected chi connectivity index (χ4v) is 2.29. The number of nitrogens with zero attached hydrogens (tertiary/aromatic N) is 4. The van der Waals surface area contributed by atoms with E-state index in [4.69, 9.17) is 5.84 Å². The number of nitrogens with one attached hydrogen (secondary N) is 1. The number of aromatic nitrogens is 4. The highest BCUT2D eigenvalue weighted by atomic mass is 16.2. The van der Waals surface area contributed by atoms with Gasteiger partial charge in [-0.2, -0.15) is 4.98 Å². The summed E-state index contributed by atoms with van der Waals surface area (Å²) in [7, 11) is 1.70. The Hall–Kier alpha value is -2.09. The first-order valence-electron chi connectivity index (χ1n) is 6.73. The summed E-state index contributed by atoms with van der Waals surface area (Å²) in [5.74, 6) is 5.75. The highest BCUT2D eigenvalue weighted by molar-refractivity contribution is 5.74. The number of fused-ring (bicyclic) bond motifs is 1. The highest BCUT2D eigenvalue weighted by Gasteiger charge is 2.18. The first-order chi connectivity index (χ1) is 9.56. The molecule has 0 aliphatic rings. The van der Waals surface area contributed by atoms with Gasteiger partial charge in [-0.25, -0.2) is 10.6 Å². The van der Waals surface area contributed by atoms with Gasteiger partial charge in [0.2, 0.25) is 5.95 Å². The van der Waals surface area contributed by atoms with Gasteiger partial charge in [0.15, 0.2) is 11.2 Å². The van der Waals surface area contributed by atoms with Crippen LogP contribution in [0.15, 0.2) is 9.59 Å². The number of rotatable bonds is 5. The molecule has 0 saturated carbocycles. The van der Waals surface area contributed by atoms with Crippen molar-refractivity contribution in [2.45, 2.75) is 39.8 Å².